The Labute approximate surface area is 73.8 Å². The van der Waals surface area contributed by atoms with Crippen molar-refractivity contribution in [1.29, 1.82) is 0 Å². The highest BCUT2D eigenvalue weighted by Crippen LogP contribution is 2.59. The van der Waals surface area contributed by atoms with Crippen molar-refractivity contribution in [3.8, 4) is 0 Å². The second-order valence-corrected chi connectivity index (χ2v) is 4.52. The van der Waals surface area contributed by atoms with Crippen LogP contribution in [0.5, 0.6) is 0 Å². The highest BCUT2D eigenvalue weighted by atomic mass is 16.1. The van der Waals surface area contributed by atoms with Gasteiger partial charge >= 0.3 is 0 Å². The van der Waals surface area contributed by atoms with Gasteiger partial charge < -0.3 is 4.79 Å². The van der Waals surface area contributed by atoms with Crippen molar-refractivity contribution in [3.63, 3.8) is 0 Å². The first kappa shape index (κ1) is 8.03. The number of carbonyl (C=O) groups excluding carboxylic acids is 1. The summed E-state index contributed by atoms with van der Waals surface area (Å²) in [4.78, 5) is 10.5. The van der Waals surface area contributed by atoms with E-state index < -0.39 is 0 Å². The number of allylic oxidation sites excluding steroid dienone is 1. The first-order valence-corrected chi connectivity index (χ1v) is 4.81. The molecule has 0 radical (unpaired) electrons. The lowest BCUT2D eigenvalue weighted by Crippen LogP contribution is -2.26. The van der Waals surface area contributed by atoms with Gasteiger partial charge in [0.25, 0.3) is 0 Å². The normalized spacial score (nSPS) is 45.2. The van der Waals surface area contributed by atoms with Crippen LogP contribution in [0.1, 0.15) is 32.6 Å². The summed E-state index contributed by atoms with van der Waals surface area (Å²) >= 11 is 0. The fraction of sp³-hybridized carbons (Fsp3) is 0.727. The molecule has 2 saturated carbocycles. The van der Waals surface area contributed by atoms with E-state index in [1.54, 1.807) is 0 Å². The fourth-order valence-electron chi connectivity index (χ4n) is 3.08. The zero-order valence-electron chi connectivity index (χ0n) is 7.68. The van der Waals surface area contributed by atoms with Gasteiger partial charge in [0.05, 0.1) is 0 Å². The molecule has 2 fully saturated rings. The summed E-state index contributed by atoms with van der Waals surface area (Å²) in [5, 5.41) is 0. The molecule has 1 nitrogen and oxygen atoms in total. The van der Waals surface area contributed by atoms with E-state index in [2.05, 4.69) is 13.5 Å². The van der Waals surface area contributed by atoms with Crippen molar-refractivity contribution in [1.82, 2.24) is 0 Å². The molecule has 0 heterocycles. The minimum atomic E-state index is 0.157. The minimum Gasteiger partial charge on any atom is -0.303 e. The van der Waals surface area contributed by atoms with Crippen molar-refractivity contribution in [2.75, 3.05) is 0 Å². The average molecular weight is 164 g/mol. The van der Waals surface area contributed by atoms with Gasteiger partial charge in [-0.25, -0.2) is 0 Å². The van der Waals surface area contributed by atoms with Crippen molar-refractivity contribution >= 4 is 6.29 Å². The monoisotopic (exact) mass is 164 g/mol. The van der Waals surface area contributed by atoms with Crippen LogP contribution in [0.4, 0.5) is 0 Å². The summed E-state index contributed by atoms with van der Waals surface area (Å²) in [6.07, 6.45) is 5.67. The first-order chi connectivity index (χ1) is 5.68. The Bertz CT molecular complexity index is 231. The molecule has 1 heteroatoms. The van der Waals surface area contributed by atoms with Crippen molar-refractivity contribution in [2.45, 2.75) is 32.6 Å². The van der Waals surface area contributed by atoms with Crippen LogP contribution < -0.4 is 0 Å². The van der Waals surface area contributed by atoms with Gasteiger partial charge in [-0.15, -0.1) is 0 Å². The Balaban J connectivity index is 2.25. The second-order valence-electron chi connectivity index (χ2n) is 4.52. The molecule has 2 bridgehead atoms. The molecule has 0 spiro atoms. The molecule has 0 amide bonds. The molecule has 0 aromatic carbocycles. The number of hydrogen-bond acceptors (Lipinski definition) is 1. The van der Waals surface area contributed by atoms with E-state index in [0.29, 0.717) is 6.42 Å². The molecule has 0 aliphatic heterocycles. The molecule has 0 aromatic heterocycles. The molecule has 66 valence electrons. The lowest BCUT2D eigenvalue weighted by molar-refractivity contribution is -0.109. The number of aldehydes is 1. The van der Waals surface area contributed by atoms with Crippen molar-refractivity contribution in [3.05, 3.63) is 12.2 Å². The molecule has 0 N–H and O–H groups in total. The van der Waals surface area contributed by atoms with E-state index in [1.807, 2.05) is 0 Å². The Morgan fingerprint density at radius 1 is 1.67 bits per heavy atom. The Morgan fingerprint density at radius 3 is 2.92 bits per heavy atom. The van der Waals surface area contributed by atoms with Gasteiger partial charge in [0.1, 0.15) is 6.29 Å². The van der Waals surface area contributed by atoms with E-state index in [-0.39, 0.29) is 5.41 Å². The van der Waals surface area contributed by atoms with E-state index in [4.69, 9.17) is 0 Å². The maximum Gasteiger partial charge on any atom is 0.120 e. The molecule has 0 unspecified atom stereocenters. The van der Waals surface area contributed by atoms with Gasteiger partial charge in [-0.2, -0.15) is 0 Å². The van der Waals surface area contributed by atoms with Crippen LogP contribution in [0.2, 0.25) is 0 Å². The Morgan fingerprint density at radius 2 is 2.42 bits per heavy atom. The van der Waals surface area contributed by atoms with Gasteiger partial charge in [0.2, 0.25) is 0 Å². The van der Waals surface area contributed by atoms with Crippen LogP contribution in [0.25, 0.3) is 0 Å². The van der Waals surface area contributed by atoms with Crippen LogP contribution in [0.15, 0.2) is 12.2 Å². The van der Waals surface area contributed by atoms with Gasteiger partial charge in [-0.1, -0.05) is 19.1 Å². The molecular weight excluding hydrogens is 148 g/mol. The highest BCUT2D eigenvalue weighted by molar-refractivity contribution is 5.53. The largest absolute Gasteiger partial charge is 0.303 e. The van der Waals surface area contributed by atoms with Crippen LogP contribution in [0, 0.1) is 17.3 Å². The van der Waals surface area contributed by atoms with Gasteiger partial charge in [0.15, 0.2) is 0 Å². The number of carbonyl (C=O) groups is 1. The summed E-state index contributed by atoms with van der Waals surface area (Å²) in [5.74, 6) is 1.49. The molecular formula is C11H16O. The fourth-order valence-corrected chi connectivity index (χ4v) is 3.08. The summed E-state index contributed by atoms with van der Waals surface area (Å²) in [7, 11) is 0. The summed E-state index contributed by atoms with van der Waals surface area (Å²) < 4.78 is 0. The van der Waals surface area contributed by atoms with Gasteiger partial charge in [-0.3, -0.25) is 0 Å². The molecule has 12 heavy (non-hydrogen) atoms. The number of rotatable bonds is 2. The van der Waals surface area contributed by atoms with Crippen LogP contribution in [0.3, 0.4) is 0 Å². The van der Waals surface area contributed by atoms with Crippen molar-refractivity contribution in [2.24, 2.45) is 17.3 Å². The van der Waals surface area contributed by atoms with E-state index in [0.717, 1.165) is 18.1 Å². The van der Waals surface area contributed by atoms with Crippen molar-refractivity contribution < 1.29 is 4.79 Å². The molecule has 0 saturated heterocycles. The molecule has 2 aliphatic carbocycles. The van der Waals surface area contributed by atoms with Crippen LogP contribution in [-0.4, -0.2) is 6.29 Å². The number of fused-ring (bicyclic) bond motifs is 2. The maximum absolute atomic E-state index is 10.5. The molecule has 0 aromatic rings. The van der Waals surface area contributed by atoms with Crippen LogP contribution >= 0.6 is 0 Å². The second kappa shape index (κ2) is 2.45. The Kier molecular flexibility index (Phi) is 1.64. The third-order valence-electron chi connectivity index (χ3n) is 4.07. The lowest BCUT2D eigenvalue weighted by atomic mass is 9.70. The standard InChI is InChI=1S/C11H16O/c1-8-9-3-4-10(7-9)11(8,2)5-6-12/h6,9-10H,1,3-5,7H2,2H3/t9-,10+,11+/m1/s1. The topological polar surface area (TPSA) is 17.1 Å². The highest BCUT2D eigenvalue weighted by Gasteiger charge is 2.50. The minimum absolute atomic E-state index is 0.157. The third kappa shape index (κ3) is 0.825. The van der Waals surface area contributed by atoms with Gasteiger partial charge in [-0.05, 0) is 36.5 Å². The van der Waals surface area contributed by atoms with E-state index >= 15 is 0 Å². The predicted octanol–water partition coefficient (Wildman–Crippen LogP) is 2.57. The first-order valence-electron chi connectivity index (χ1n) is 4.81. The zero-order valence-corrected chi connectivity index (χ0v) is 7.68. The predicted molar refractivity (Wildman–Crippen MR) is 48.8 cm³/mol. The number of hydrogen-bond donors (Lipinski definition) is 0. The average Bonchev–Trinajstić information content (AvgIpc) is 2.57. The quantitative estimate of drug-likeness (QED) is 0.453. The van der Waals surface area contributed by atoms with Crippen LogP contribution in [-0.2, 0) is 4.79 Å². The Hall–Kier alpha value is -0.590. The van der Waals surface area contributed by atoms with Gasteiger partial charge in [0, 0.05) is 6.42 Å². The zero-order chi connectivity index (χ0) is 8.77. The summed E-state index contributed by atoms with van der Waals surface area (Å²) in [6.45, 7) is 6.37. The molecule has 3 atom stereocenters. The summed E-state index contributed by atoms with van der Waals surface area (Å²) in [6, 6.07) is 0. The van der Waals surface area contributed by atoms with E-state index in [9.17, 15) is 4.79 Å². The SMILES string of the molecule is C=C1[C@@H]2CC[C@@H](C2)[C@@]1(C)CC=O. The maximum atomic E-state index is 10.5. The third-order valence-corrected chi connectivity index (χ3v) is 4.07. The smallest absolute Gasteiger partial charge is 0.120 e. The molecule has 2 rings (SSSR count). The van der Waals surface area contributed by atoms with E-state index in [1.165, 1.54) is 24.8 Å². The lowest BCUT2D eigenvalue weighted by Gasteiger charge is -2.34. The molecule has 2 aliphatic rings. The summed E-state index contributed by atoms with van der Waals surface area (Å²) in [5.41, 5.74) is 1.51.